The maximum absolute atomic E-state index is 8.46. The summed E-state index contributed by atoms with van der Waals surface area (Å²) in [5.74, 6) is 0. The molecule has 74 valence electrons. The molecule has 0 aromatic rings. The molecule has 0 aromatic carbocycles. The molecule has 0 fully saturated rings. The van der Waals surface area contributed by atoms with Gasteiger partial charge in [-0.1, -0.05) is 7.92 Å². The van der Waals surface area contributed by atoms with Gasteiger partial charge in [-0.15, -0.1) is 0 Å². The van der Waals surface area contributed by atoms with Gasteiger partial charge in [-0.3, -0.25) is 0 Å². The molecule has 13 heavy (non-hydrogen) atoms. The van der Waals surface area contributed by atoms with Crippen LogP contribution in [0.1, 0.15) is 0 Å². The van der Waals surface area contributed by atoms with Crippen LogP contribution in [-0.2, 0) is 0 Å². The molecule has 0 saturated carbocycles. The number of aliphatic hydroxyl groups excluding tert-OH is 3. The molecule has 0 heterocycles. The third-order valence-electron chi connectivity index (χ3n) is 1.41. The SMILES string of the molecule is O/C=C/CP(C/C=C/O)C/C=C/O. The number of rotatable bonds is 6. The summed E-state index contributed by atoms with van der Waals surface area (Å²) in [7, 11) is -0.319. The van der Waals surface area contributed by atoms with Crippen molar-refractivity contribution in [2.75, 3.05) is 18.5 Å². The molecule has 3 N–H and O–H groups in total. The number of aliphatic hydroxyl groups is 3. The average molecular weight is 202 g/mol. The summed E-state index contributed by atoms with van der Waals surface area (Å²) in [4.78, 5) is 0. The van der Waals surface area contributed by atoms with Crippen LogP contribution in [0.2, 0.25) is 0 Å². The smallest absolute Gasteiger partial charge is 0.0755 e. The van der Waals surface area contributed by atoms with Crippen molar-refractivity contribution in [2.24, 2.45) is 0 Å². The minimum atomic E-state index is -0.319. The molecule has 3 nitrogen and oxygen atoms in total. The van der Waals surface area contributed by atoms with Gasteiger partial charge >= 0.3 is 0 Å². The molecule has 0 saturated heterocycles. The topological polar surface area (TPSA) is 60.7 Å². The Bertz CT molecular complexity index is 154. The highest BCUT2D eigenvalue weighted by Crippen LogP contribution is 2.35. The molecule has 0 radical (unpaired) electrons. The standard InChI is InChI=1S/C9H15O3P/c10-4-1-7-13(8-2-5-11)9-3-6-12/h1-6,10-12H,7-9H2/b4-1+,5-2+,6-3+. The average Bonchev–Trinajstić information content (AvgIpc) is 2.17. The van der Waals surface area contributed by atoms with Gasteiger partial charge in [0.05, 0.1) is 18.8 Å². The Balaban J connectivity index is 3.86. The molecule has 0 spiro atoms. The van der Waals surface area contributed by atoms with Crippen LogP contribution in [0.4, 0.5) is 0 Å². The highest BCUT2D eigenvalue weighted by molar-refractivity contribution is 7.58. The zero-order chi connectivity index (χ0) is 9.94. The second kappa shape index (κ2) is 9.14. The zero-order valence-electron chi connectivity index (χ0n) is 7.37. The van der Waals surface area contributed by atoms with E-state index < -0.39 is 0 Å². The van der Waals surface area contributed by atoms with Gasteiger partial charge in [-0.25, -0.2) is 0 Å². The predicted molar refractivity (Wildman–Crippen MR) is 56.8 cm³/mol. The van der Waals surface area contributed by atoms with Gasteiger partial charge in [0, 0.05) is 0 Å². The van der Waals surface area contributed by atoms with Gasteiger partial charge in [0.2, 0.25) is 0 Å². The van der Waals surface area contributed by atoms with Gasteiger partial charge in [-0.05, 0) is 36.7 Å². The Morgan fingerprint density at radius 3 is 1.23 bits per heavy atom. The van der Waals surface area contributed by atoms with Crippen LogP contribution in [0.5, 0.6) is 0 Å². The number of hydrogen-bond acceptors (Lipinski definition) is 3. The molecule has 0 atom stereocenters. The van der Waals surface area contributed by atoms with E-state index in [0.717, 1.165) is 37.3 Å². The first-order valence-corrected chi connectivity index (χ1v) is 5.85. The van der Waals surface area contributed by atoms with Crippen molar-refractivity contribution < 1.29 is 15.3 Å². The van der Waals surface area contributed by atoms with E-state index in [4.69, 9.17) is 15.3 Å². The Morgan fingerprint density at radius 1 is 0.692 bits per heavy atom. The summed E-state index contributed by atoms with van der Waals surface area (Å²) in [5, 5.41) is 25.4. The van der Waals surface area contributed by atoms with Crippen LogP contribution in [-0.4, -0.2) is 33.8 Å². The lowest BCUT2D eigenvalue weighted by Gasteiger charge is -2.09. The molecule has 0 aliphatic rings. The Labute approximate surface area is 79.5 Å². The molecule has 0 aliphatic carbocycles. The second-order valence-electron chi connectivity index (χ2n) is 2.37. The van der Waals surface area contributed by atoms with Crippen LogP contribution >= 0.6 is 7.92 Å². The van der Waals surface area contributed by atoms with Crippen molar-refractivity contribution in [1.29, 1.82) is 0 Å². The maximum Gasteiger partial charge on any atom is 0.0755 e. The van der Waals surface area contributed by atoms with E-state index in [1.165, 1.54) is 0 Å². The van der Waals surface area contributed by atoms with E-state index >= 15 is 0 Å². The predicted octanol–water partition coefficient (Wildman–Crippen LogP) is 2.68. The summed E-state index contributed by atoms with van der Waals surface area (Å²) in [6.45, 7) is 0. The maximum atomic E-state index is 8.46. The van der Waals surface area contributed by atoms with Gasteiger partial charge in [-0.2, -0.15) is 0 Å². The van der Waals surface area contributed by atoms with E-state index in [9.17, 15) is 0 Å². The molecular formula is C9H15O3P. The first-order valence-electron chi connectivity index (χ1n) is 3.95. The normalized spacial score (nSPS) is 12.7. The highest BCUT2D eigenvalue weighted by atomic mass is 31.1. The van der Waals surface area contributed by atoms with Gasteiger partial charge < -0.3 is 15.3 Å². The van der Waals surface area contributed by atoms with Crippen molar-refractivity contribution in [1.82, 2.24) is 0 Å². The van der Waals surface area contributed by atoms with Gasteiger partial charge in [0.25, 0.3) is 0 Å². The van der Waals surface area contributed by atoms with Crippen LogP contribution in [0.25, 0.3) is 0 Å². The molecule has 0 unspecified atom stereocenters. The first-order chi connectivity index (χ1) is 6.35. The summed E-state index contributed by atoms with van der Waals surface area (Å²) in [5.41, 5.74) is 0. The van der Waals surface area contributed by atoms with Crippen molar-refractivity contribution in [3.8, 4) is 0 Å². The largest absolute Gasteiger partial charge is 0.516 e. The zero-order valence-corrected chi connectivity index (χ0v) is 8.27. The molecule has 4 heteroatoms. The Hall–Kier alpha value is -0.950. The van der Waals surface area contributed by atoms with E-state index in [1.54, 1.807) is 18.2 Å². The van der Waals surface area contributed by atoms with Gasteiger partial charge in [0.15, 0.2) is 0 Å². The fraction of sp³-hybridized carbons (Fsp3) is 0.333. The lowest BCUT2D eigenvalue weighted by molar-refractivity contribution is 0.472. The molecule has 0 amide bonds. The summed E-state index contributed by atoms with van der Waals surface area (Å²) in [6, 6.07) is 0. The quantitative estimate of drug-likeness (QED) is 0.458. The Morgan fingerprint density at radius 2 is 1.00 bits per heavy atom. The minimum absolute atomic E-state index is 0.319. The molecule has 0 rings (SSSR count). The van der Waals surface area contributed by atoms with E-state index in [0.29, 0.717) is 0 Å². The van der Waals surface area contributed by atoms with E-state index in [2.05, 4.69) is 0 Å². The van der Waals surface area contributed by atoms with E-state index in [-0.39, 0.29) is 7.92 Å². The molecule has 0 aliphatic heterocycles. The summed E-state index contributed by atoms with van der Waals surface area (Å²) < 4.78 is 0. The van der Waals surface area contributed by atoms with Gasteiger partial charge in [0.1, 0.15) is 0 Å². The minimum Gasteiger partial charge on any atom is -0.516 e. The van der Waals surface area contributed by atoms with Crippen LogP contribution in [0.3, 0.4) is 0 Å². The lowest BCUT2D eigenvalue weighted by Crippen LogP contribution is -1.89. The third kappa shape index (κ3) is 7.41. The van der Waals surface area contributed by atoms with E-state index in [1.807, 2.05) is 0 Å². The monoisotopic (exact) mass is 202 g/mol. The van der Waals surface area contributed by atoms with Crippen molar-refractivity contribution in [3.05, 3.63) is 37.0 Å². The number of allylic oxidation sites excluding steroid dienone is 3. The van der Waals surface area contributed by atoms with Crippen molar-refractivity contribution in [2.45, 2.75) is 0 Å². The highest BCUT2D eigenvalue weighted by Gasteiger charge is 2.01. The van der Waals surface area contributed by atoms with Crippen molar-refractivity contribution in [3.63, 3.8) is 0 Å². The molecule has 0 bridgehead atoms. The van der Waals surface area contributed by atoms with Crippen molar-refractivity contribution >= 4 is 7.92 Å². The molecule has 0 aromatic heterocycles. The second-order valence-corrected chi connectivity index (χ2v) is 4.81. The lowest BCUT2D eigenvalue weighted by atomic mass is 10.7. The Kier molecular flexibility index (Phi) is 8.47. The van der Waals surface area contributed by atoms with Crippen LogP contribution < -0.4 is 0 Å². The number of hydrogen-bond donors (Lipinski definition) is 3. The summed E-state index contributed by atoms with van der Waals surface area (Å²) >= 11 is 0. The fourth-order valence-corrected chi connectivity index (χ4v) is 2.44. The molecular weight excluding hydrogens is 187 g/mol. The fourth-order valence-electron chi connectivity index (χ4n) is 0.812. The van der Waals surface area contributed by atoms with Crippen LogP contribution in [0.15, 0.2) is 37.0 Å². The summed E-state index contributed by atoms with van der Waals surface area (Å²) in [6.07, 6.45) is 10.5. The van der Waals surface area contributed by atoms with Crippen LogP contribution in [0, 0.1) is 0 Å². The third-order valence-corrected chi connectivity index (χ3v) is 3.59. The first kappa shape index (κ1) is 12.0.